The first kappa shape index (κ1) is 14.9. The number of hydrogen-bond donors (Lipinski definition) is 0. The van der Waals surface area contributed by atoms with Gasteiger partial charge in [0.2, 0.25) is 0 Å². The average Bonchev–Trinajstić information content (AvgIpc) is 2.95. The molecule has 1 aliphatic carbocycles. The maximum atomic E-state index is 9.95. The molecule has 0 fully saturated rings. The van der Waals surface area contributed by atoms with Gasteiger partial charge in [-0.25, -0.2) is 12.1 Å². The summed E-state index contributed by atoms with van der Waals surface area (Å²) in [6.45, 7) is 0. The van der Waals surface area contributed by atoms with Crippen LogP contribution in [0.3, 0.4) is 0 Å². The SMILES string of the molecule is [Fe+2].[O-]C=CC(Cl)=C1C=CC=C1.c1cc[cH-]c1. The molecule has 0 atom stereocenters. The van der Waals surface area contributed by atoms with Gasteiger partial charge in [-0.05, 0) is 5.57 Å². The fourth-order valence-corrected chi connectivity index (χ4v) is 1.19. The van der Waals surface area contributed by atoms with Gasteiger partial charge in [0, 0.05) is 5.03 Å². The number of rotatable bonds is 1. The summed E-state index contributed by atoms with van der Waals surface area (Å²) in [6, 6.07) is 10.0. The van der Waals surface area contributed by atoms with Crippen LogP contribution in [0.5, 0.6) is 0 Å². The monoisotopic (exact) mass is 274 g/mol. The largest absolute Gasteiger partial charge is 2.00 e. The fourth-order valence-electron chi connectivity index (χ4n) is 1.01. The summed E-state index contributed by atoms with van der Waals surface area (Å²) >= 11 is 5.68. The van der Waals surface area contributed by atoms with Crippen molar-refractivity contribution in [3.63, 3.8) is 0 Å². The van der Waals surface area contributed by atoms with Crippen LogP contribution in [-0.2, 0) is 17.1 Å². The standard InChI is InChI=1S/C8H7ClO.C5H5.Fe/c9-8(5-6-10)7-3-1-2-4-7;1-2-4-5-3-1;/h1-6,10H;1-5H;/q;-1;+2/p-1. The van der Waals surface area contributed by atoms with E-state index in [4.69, 9.17) is 11.6 Å². The van der Waals surface area contributed by atoms with Crippen molar-refractivity contribution in [1.29, 1.82) is 0 Å². The van der Waals surface area contributed by atoms with Gasteiger partial charge in [0.05, 0.1) is 0 Å². The molecule has 16 heavy (non-hydrogen) atoms. The third-order valence-corrected chi connectivity index (χ3v) is 2.05. The number of allylic oxidation sites excluding steroid dienone is 7. The Bertz CT molecular complexity index is 355. The van der Waals surface area contributed by atoms with E-state index in [1.54, 1.807) is 0 Å². The first-order chi connectivity index (χ1) is 7.34. The molecule has 0 spiro atoms. The molecule has 1 nitrogen and oxygen atoms in total. The van der Waals surface area contributed by atoms with Crippen molar-refractivity contribution in [2.75, 3.05) is 0 Å². The van der Waals surface area contributed by atoms with Gasteiger partial charge in [-0.1, -0.05) is 42.0 Å². The fraction of sp³-hybridized carbons (Fsp3) is 0. The molecule has 2 rings (SSSR count). The van der Waals surface area contributed by atoms with Crippen molar-refractivity contribution in [2.45, 2.75) is 0 Å². The van der Waals surface area contributed by atoms with Crippen LogP contribution in [0.2, 0.25) is 0 Å². The summed E-state index contributed by atoms with van der Waals surface area (Å²) in [5.74, 6) is 0. The Balaban J connectivity index is 0.000000318. The normalized spacial score (nSPS) is 12.2. The zero-order valence-corrected chi connectivity index (χ0v) is 10.4. The third kappa shape index (κ3) is 5.72. The maximum Gasteiger partial charge on any atom is 2.00 e. The third-order valence-electron chi connectivity index (χ3n) is 1.71. The second kappa shape index (κ2) is 9.17. The van der Waals surface area contributed by atoms with E-state index >= 15 is 0 Å². The average molecular weight is 275 g/mol. The van der Waals surface area contributed by atoms with Gasteiger partial charge in [0.15, 0.2) is 0 Å². The van der Waals surface area contributed by atoms with E-state index in [0.29, 0.717) is 11.3 Å². The van der Waals surface area contributed by atoms with E-state index in [0.717, 1.165) is 5.57 Å². The summed E-state index contributed by atoms with van der Waals surface area (Å²) in [5.41, 5.74) is 0.883. The molecule has 0 unspecified atom stereocenters. The van der Waals surface area contributed by atoms with Crippen molar-refractivity contribution >= 4 is 11.6 Å². The Kier molecular flexibility index (Phi) is 8.55. The zero-order chi connectivity index (χ0) is 10.9. The Morgan fingerprint density at radius 1 is 1.19 bits per heavy atom. The summed E-state index contributed by atoms with van der Waals surface area (Å²) < 4.78 is 0. The van der Waals surface area contributed by atoms with E-state index in [1.807, 2.05) is 54.6 Å². The maximum absolute atomic E-state index is 9.95. The molecule has 0 N–H and O–H groups in total. The van der Waals surface area contributed by atoms with Crippen LogP contribution in [0.25, 0.3) is 0 Å². The number of halogens is 1. The van der Waals surface area contributed by atoms with E-state index < -0.39 is 0 Å². The molecule has 0 amide bonds. The van der Waals surface area contributed by atoms with Gasteiger partial charge in [-0.2, -0.15) is 18.2 Å². The number of hydrogen-bond acceptors (Lipinski definition) is 1. The molecule has 84 valence electrons. The van der Waals surface area contributed by atoms with Crippen LogP contribution in [-0.4, -0.2) is 0 Å². The second-order valence-electron chi connectivity index (χ2n) is 2.79. The molecule has 1 aliphatic rings. The predicted molar refractivity (Wildman–Crippen MR) is 62.3 cm³/mol. The molecule has 1 aromatic carbocycles. The minimum absolute atomic E-state index is 0. The first-order valence-corrected chi connectivity index (χ1v) is 4.92. The van der Waals surface area contributed by atoms with Crippen molar-refractivity contribution in [1.82, 2.24) is 0 Å². The molecule has 0 bridgehead atoms. The molecular weight excluding hydrogens is 263 g/mol. The van der Waals surface area contributed by atoms with Gasteiger partial charge in [0.25, 0.3) is 0 Å². The Morgan fingerprint density at radius 2 is 1.75 bits per heavy atom. The van der Waals surface area contributed by atoms with Crippen LogP contribution >= 0.6 is 11.6 Å². The Labute approximate surface area is 111 Å². The minimum Gasteiger partial charge on any atom is -0.878 e. The smallest absolute Gasteiger partial charge is 0.878 e. The zero-order valence-electron chi connectivity index (χ0n) is 8.49. The van der Waals surface area contributed by atoms with Crippen molar-refractivity contribution in [2.24, 2.45) is 0 Å². The van der Waals surface area contributed by atoms with Crippen molar-refractivity contribution in [3.8, 4) is 0 Å². The molecule has 1 aromatic rings. The predicted octanol–water partition coefficient (Wildman–Crippen LogP) is 2.88. The first-order valence-electron chi connectivity index (χ1n) is 4.54. The topological polar surface area (TPSA) is 23.1 Å². The van der Waals surface area contributed by atoms with Crippen molar-refractivity contribution < 1.29 is 22.2 Å². The molecule has 0 aromatic heterocycles. The van der Waals surface area contributed by atoms with Crippen LogP contribution in [0, 0.1) is 0 Å². The molecule has 0 saturated carbocycles. The molecular formula is C13H11ClFeO. The quantitative estimate of drug-likeness (QED) is 0.439. The summed E-state index contributed by atoms with van der Waals surface area (Å²) in [4.78, 5) is 0. The van der Waals surface area contributed by atoms with Crippen LogP contribution in [0.4, 0.5) is 0 Å². The summed E-state index contributed by atoms with van der Waals surface area (Å²) in [7, 11) is 0. The molecule has 3 heteroatoms. The van der Waals surface area contributed by atoms with Gasteiger partial charge in [0.1, 0.15) is 0 Å². The van der Waals surface area contributed by atoms with Crippen LogP contribution < -0.4 is 5.11 Å². The van der Waals surface area contributed by atoms with E-state index in [1.165, 1.54) is 6.08 Å². The summed E-state index contributed by atoms with van der Waals surface area (Å²) in [6.07, 6.45) is 9.45. The van der Waals surface area contributed by atoms with E-state index in [-0.39, 0.29) is 17.1 Å². The van der Waals surface area contributed by atoms with Crippen LogP contribution in [0.1, 0.15) is 0 Å². The molecule has 0 aliphatic heterocycles. The van der Waals surface area contributed by atoms with E-state index in [2.05, 4.69) is 0 Å². The molecule has 0 heterocycles. The van der Waals surface area contributed by atoms with Gasteiger partial charge in [-0.3, -0.25) is 0 Å². The minimum atomic E-state index is 0. The summed E-state index contributed by atoms with van der Waals surface area (Å²) in [5, 5.41) is 10.4. The Morgan fingerprint density at radius 3 is 2.12 bits per heavy atom. The van der Waals surface area contributed by atoms with Crippen molar-refractivity contribution in [3.05, 3.63) is 77.6 Å². The second-order valence-corrected chi connectivity index (χ2v) is 3.19. The van der Waals surface area contributed by atoms with Crippen LogP contribution in [0.15, 0.2) is 77.6 Å². The Hall–Kier alpha value is -1.08. The van der Waals surface area contributed by atoms with E-state index in [9.17, 15) is 5.11 Å². The van der Waals surface area contributed by atoms with Gasteiger partial charge < -0.3 is 5.11 Å². The molecule has 0 radical (unpaired) electrons. The molecule has 0 saturated heterocycles. The van der Waals surface area contributed by atoms with Gasteiger partial charge >= 0.3 is 17.1 Å². The van der Waals surface area contributed by atoms with Gasteiger partial charge in [-0.15, -0.1) is 6.26 Å².